The second kappa shape index (κ2) is 7.36. The fourth-order valence-electron chi connectivity index (χ4n) is 2.40. The Bertz CT molecular complexity index is 687. The van der Waals surface area contributed by atoms with Crippen LogP contribution in [0.25, 0.3) is 0 Å². The first-order valence-electron chi connectivity index (χ1n) is 7.21. The van der Waals surface area contributed by atoms with Gasteiger partial charge in [0, 0.05) is 38.6 Å². The molecule has 1 aromatic rings. The first-order chi connectivity index (χ1) is 10.7. The highest BCUT2D eigenvalue weighted by atomic mass is 35.5. The van der Waals surface area contributed by atoms with Crippen molar-refractivity contribution in [2.45, 2.75) is 24.3 Å². The quantitative estimate of drug-likeness (QED) is 0.860. The van der Waals surface area contributed by atoms with Crippen molar-refractivity contribution in [1.82, 2.24) is 9.21 Å². The van der Waals surface area contributed by atoms with Crippen LogP contribution in [0.3, 0.4) is 0 Å². The van der Waals surface area contributed by atoms with E-state index in [-0.39, 0.29) is 46.4 Å². The maximum Gasteiger partial charge on any atom is 0.244 e. The molecule has 128 valence electrons. The minimum atomic E-state index is -3.73. The third-order valence-electron chi connectivity index (χ3n) is 3.62. The molecule has 2 N–H and O–H groups in total. The minimum Gasteiger partial charge on any atom is -0.340 e. The third kappa shape index (κ3) is 4.16. The number of nitrogens with zero attached hydrogens (tertiary/aromatic N) is 2. The van der Waals surface area contributed by atoms with Gasteiger partial charge in [-0.3, -0.25) is 4.79 Å². The van der Waals surface area contributed by atoms with Gasteiger partial charge >= 0.3 is 0 Å². The number of hydrogen-bond donors (Lipinski definition) is 1. The lowest BCUT2D eigenvalue weighted by Gasteiger charge is -2.34. The Balaban J connectivity index is 2.10. The number of hydrogen-bond acceptors (Lipinski definition) is 4. The van der Waals surface area contributed by atoms with E-state index in [2.05, 4.69) is 0 Å². The summed E-state index contributed by atoms with van der Waals surface area (Å²) < 4.78 is 26.7. The standard InChI is InChI=1S/C14H19Cl2N3O3S/c1-10(17)9-13(20)18-5-7-19(8-6-18)23(21,22)12-4-2-3-11(15)14(12)16/h2-4,10H,5-9,17H2,1H3. The average Bonchev–Trinajstić information content (AvgIpc) is 2.49. The summed E-state index contributed by atoms with van der Waals surface area (Å²) in [6.45, 7) is 2.87. The smallest absolute Gasteiger partial charge is 0.244 e. The first kappa shape index (κ1) is 18.5. The number of amides is 1. The Morgan fingerprint density at radius 2 is 1.87 bits per heavy atom. The predicted octanol–water partition coefficient (Wildman–Crippen LogP) is 1.56. The number of rotatable bonds is 4. The molecule has 6 nitrogen and oxygen atoms in total. The number of sulfonamides is 1. The second-order valence-electron chi connectivity index (χ2n) is 5.52. The Morgan fingerprint density at radius 3 is 2.43 bits per heavy atom. The van der Waals surface area contributed by atoms with Crippen LogP contribution < -0.4 is 5.73 Å². The molecule has 1 atom stereocenters. The number of carbonyl (C=O) groups excluding carboxylic acids is 1. The van der Waals surface area contributed by atoms with Gasteiger partial charge < -0.3 is 10.6 Å². The van der Waals surface area contributed by atoms with E-state index >= 15 is 0 Å². The van der Waals surface area contributed by atoms with Crippen molar-refractivity contribution in [3.05, 3.63) is 28.2 Å². The van der Waals surface area contributed by atoms with Crippen molar-refractivity contribution in [3.63, 3.8) is 0 Å². The summed E-state index contributed by atoms with van der Waals surface area (Å²) in [5.41, 5.74) is 5.62. The topological polar surface area (TPSA) is 83.7 Å². The van der Waals surface area contributed by atoms with Gasteiger partial charge in [-0.15, -0.1) is 0 Å². The fourth-order valence-corrected chi connectivity index (χ4v) is 4.56. The van der Waals surface area contributed by atoms with Gasteiger partial charge in [-0.2, -0.15) is 4.31 Å². The normalized spacial score (nSPS) is 18.0. The maximum absolute atomic E-state index is 12.7. The Morgan fingerprint density at radius 1 is 1.26 bits per heavy atom. The molecule has 1 unspecified atom stereocenters. The lowest BCUT2D eigenvalue weighted by atomic mass is 10.2. The van der Waals surface area contributed by atoms with Gasteiger partial charge in [0.05, 0.1) is 10.0 Å². The lowest BCUT2D eigenvalue weighted by Crippen LogP contribution is -2.51. The molecule has 0 bridgehead atoms. The zero-order valence-corrected chi connectivity index (χ0v) is 15.0. The second-order valence-corrected chi connectivity index (χ2v) is 8.21. The number of nitrogens with two attached hydrogens (primary N) is 1. The summed E-state index contributed by atoms with van der Waals surface area (Å²) in [7, 11) is -3.73. The molecule has 0 spiro atoms. The molecule has 9 heteroatoms. The van der Waals surface area contributed by atoms with Crippen molar-refractivity contribution in [2.24, 2.45) is 5.73 Å². The SMILES string of the molecule is CC(N)CC(=O)N1CCN(S(=O)(=O)c2cccc(Cl)c2Cl)CC1. The van der Waals surface area contributed by atoms with E-state index < -0.39 is 10.0 Å². The van der Waals surface area contributed by atoms with Gasteiger partial charge in [-0.05, 0) is 19.1 Å². The lowest BCUT2D eigenvalue weighted by molar-refractivity contribution is -0.132. The highest BCUT2D eigenvalue weighted by Crippen LogP contribution is 2.31. The van der Waals surface area contributed by atoms with Crippen LogP contribution in [0.1, 0.15) is 13.3 Å². The molecule has 1 amide bonds. The molecule has 1 saturated heterocycles. The van der Waals surface area contributed by atoms with E-state index in [0.29, 0.717) is 13.1 Å². The van der Waals surface area contributed by atoms with E-state index in [1.165, 1.54) is 16.4 Å². The molecule has 1 aliphatic rings. The molecule has 1 fully saturated rings. The Hall–Kier alpha value is -0.860. The molecular formula is C14H19Cl2N3O3S. The van der Waals surface area contributed by atoms with Crippen LogP contribution in [0.2, 0.25) is 10.0 Å². The van der Waals surface area contributed by atoms with Crippen LogP contribution in [0, 0.1) is 0 Å². The number of benzene rings is 1. The molecule has 1 aromatic carbocycles. The van der Waals surface area contributed by atoms with E-state index in [0.717, 1.165) is 0 Å². The van der Waals surface area contributed by atoms with Crippen LogP contribution >= 0.6 is 23.2 Å². The summed E-state index contributed by atoms with van der Waals surface area (Å²) in [6, 6.07) is 4.29. The van der Waals surface area contributed by atoms with E-state index in [1.54, 1.807) is 17.9 Å². The van der Waals surface area contributed by atoms with E-state index in [1.807, 2.05) is 0 Å². The maximum atomic E-state index is 12.7. The monoisotopic (exact) mass is 379 g/mol. The van der Waals surface area contributed by atoms with Crippen molar-refractivity contribution in [3.8, 4) is 0 Å². The zero-order chi connectivity index (χ0) is 17.2. The Kier molecular flexibility index (Phi) is 5.91. The van der Waals surface area contributed by atoms with E-state index in [9.17, 15) is 13.2 Å². The van der Waals surface area contributed by atoms with Gasteiger partial charge in [-0.1, -0.05) is 29.3 Å². The van der Waals surface area contributed by atoms with Crippen LogP contribution in [-0.2, 0) is 14.8 Å². The molecule has 23 heavy (non-hydrogen) atoms. The van der Waals surface area contributed by atoms with Crippen molar-refractivity contribution in [2.75, 3.05) is 26.2 Å². The van der Waals surface area contributed by atoms with Crippen LogP contribution in [0.4, 0.5) is 0 Å². The van der Waals surface area contributed by atoms with Gasteiger partial charge in [-0.25, -0.2) is 8.42 Å². The van der Waals surface area contributed by atoms with Crippen LogP contribution in [-0.4, -0.2) is 55.8 Å². The summed E-state index contributed by atoms with van der Waals surface area (Å²) >= 11 is 11.9. The zero-order valence-electron chi connectivity index (χ0n) is 12.7. The predicted molar refractivity (Wildman–Crippen MR) is 90.1 cm³/mol. The highest BCUT2D eigenvalue weighted by molar-refractivity contribution is 7.89. The third-order valence-corrected chi connectivity index (χ3v) is 6.49. The number of piperazine rings is 1. The van der Waals surface area contributed by atoms with Crippen molar-refractivity contribution >= 4 is 39.1 Å². The number of halogens is 2. The molecule has 1 heterocycles. The first-order valence-corrected chi connectivity index (χ1v) is 9.40. The van der Waals surface area contributed by atoms with Gasteiger partial charge in [0.15, 0.2) is 0 Å². The molecular weight excluding hydrogens is 361 g/mol. The largest absolute Gasteiger partial charge is 0.340 e. The van der Waals surface area contributed by atoms with Crippen LogP contribution in [0.15, 0.2) is 23.1 Å². The highest BCUT2D eigenvalue weighted by Gasteiger charge is 2.31. The summed E-state index contributed by atoms with van der Waals surface area (Å²) in [5, 5.41) is 0.211. The summed E-state index contributed by atoms with van der Waals surface area (Å²) in [5.74, 6) is -0.0576. The fraction of sp³-hybridized carbons (Fsp3) is 0.500. The van der Waals surface area contributed by atoms with Gasteiger partial charge in [0.2, 0.25) is 15.9 Å². The Labute approximate surface area is 146 Å². The van der Waals surface area contributed by atoms with Gasteiger partial charge in [0.25, 0.3) is 0 Å². The average molecular weight is 380 g/mol. The minimum absolute atomic E-state index is 0.0120. The molecule has 0 aliphatic carbocycles. The summed E-state index contributed by atoms with van der Waals surface area (Å²) in [6.07, 6.45) is 0.257. The molecule has 0 saturated carbocycles. The number of carbonyl (C=O) groups is 1. The molecule has 0 radical (unpaired) electrons. The van der Waals surface area contributed by atoms with Crippen LogP contribution in [0.5, 0.6) is 0 Å². The molecule has 0 aromatic heterocycles. The molecule has 2 rings (SSSR count). The summed E-state index contributed by atoms with van der Waals surface area (Å²) in [4.78, 5) is 13.6. The van der Waals surface area contributed by atoms with Crippen molar-refractivity contribution in [1.29, 1.82) is 0 Å². The van der Waals surface area contributed by atoms with E-state index in [4.69, 9.17) is 28.9 Å². The van der Waals surface area contributed by atoms with Crippen molar-refractivity contribution < 1.29 is 13.2 Å². The molecule has 1 aliphatic heterocycles. The van der Waals surface area contributed by atoms with Gasteiger partial charge in [0.1, 0.15) is 4.90 Å².